The van der Waals surface area contributed by atoms with Crippen LogP contribution in [0.4, 0.5) is 0 Å². The second-order valence-corrected chi connectivity index (χ2v) is 1.15. The Balaban J connectivity index is 2.93. The molecule has 0 aliphatic heterocycles. The Labute approximate surface area is 44.9 Å². The average Bonchev–Trinajstić information content (AvgIpc) is 2.12. The van der Waals surface area contributed by atoms with Crippen molar-refractivity contribution < 1.29 is 4.79 Å². The molecular formula is C3H3N4O. The van der Waals surface area contributed by atoms with Crippen molar-refractivity contribution in [3.8, 4) is 0 Å². The van der Waals surface area contributed by atoms with Gasteiger partial charge in [0.25, 0.3) is 0 Å². The third-order valence-corrected chi connectivity index (χ3v) is 0.618. The highest BCUT2D eigenvalue weighted by molar-refractivity contribution is 5.87. The fraction of sp³-hybridized carbons (Fsp3) is 0. The molecule has 0 aliphatic rings. The molecule has 0 spiro atoms. The first-order valence-corrected chi connectivity index (χ1v) is 1.92. The van der Waals surface area contributed by atoms with E-state index in [9.17, 15) is 4.79 Å². The minimum absolute atomic E-state index is 0.0926. The Morgan fingerprint density at radius 1 is 1.88 bits per heavy atom. The number of aromatic amines is 1. The molecule has 5 heteroatoms. The van der Waals surface area contributed by atoms with Gasteiger partial charge in [-0.15, -0.1) is 5.10 Å². The van der Waals surface area contributed by atoms with Crippen molar-refractivity contribution in [2.24, 2.45) is 0 Å². The minimum Gasteiger partial charge on any atom is -0.265 e. The molecule has 0 aromatic carbocycles. The fourth-order valence-corrected chi connectivity index (χ4v) is 0.318. The van der Waals surface area contributed by atoms with Crippen molar-refractivity contribution in [1.29, 1.82) is 0 Å². The SMILES string of the molecule is [NH]C(=O)c1nc[nH]n1. The van der Waals surface area contributed by atoms with Gasteiger partial charge in [-0.3, -0.25) is 15.6 Å². The topological polar surface area (TPSA) is 82.4 Å². The highest BCUT2D eigenvalue weighted by atomic mass is 16.1. The van der Waals surface area contributed by atoms with Crippen LogP contribution >= 0.6 is 0 Å². The summed E-state index contributed by atoms with van der Waals surface area (Å²) in [6.07, 6.45) is 1.25. The Morgan fingerprint density at radius 2 is 2.62 bits per heavy atom. The van der Waals surface area contributed by atoms with Crippen molar-refractivity contribution in [3.63, 3.8) is 0 Å². The molecule has 1 amide bonds. The summed E-state index contributed by atoms with van der Waals surface area (Å²) in [7, 11) is 0. The van der Waals surface area contributed by atoms with Crippen LogP contribution in [-0.4, -0.2) is 21.1 Å². The van der Waals surface area contributed by atoms with E-state index in [1.165, 1.54) is 6.33 Å². The van der Waals surface area contributed by atoms with Crippen molar-refractivity contribution in [2.75, 3.05) is 0 Å². The van der Waals surface area contributed by atoms with Crippen LogP contribution in [0.15, 0.2) is 6.33 Å². The average molecular weight is 111 g/mol. The molecule has 0 saturated carbocycles. The van der Waals surface area contributed by atoms with Crippen LogP contribution in [0.3, 0.4) is 0 Å². The molecule has 1 rings (SSSR count). The number of hydrogen-bond donors (Lipinski definition) is 1. The molecule has 1 aromatic heterocycles. The third kappa shape index (κ3) is 0.651. The predicted molar refractivity (Wildman–Crippen MR) is 23.8 cm³/mol. The van der Waals surface area contributed by atoms with Crippen molar-refractivity contribution in [2.45, 2.75) is 0 Å². The zero-order valence-electron chi connectivity index (χ0n) is 3.88. The van der Waals surface area contributed by atoms with Crippen molar-refractivity contribution in [1.82, 2.24) is 20.9 Å². The van der Waals surface area contributed by atoms with Gasteiger partial charge in [0.05, 0.1) is 0 Å². The second-order valence-electron chi connectivity index (χ2n) is 1.15. The molecule has 0 fully saturated rings. The van der Waals surface area contributed by atoms with Gasteiger partial charge in [-0.2, -0.15) is 0 Å². The van der Waals surface area contributed by atoms with Gasteiger partial charge in [-0.1, -0.05) is 0 Å². The molecule has 0 atom stereocenters. The van der Waals surface area contributed by atoms with E-state index in [-0.39, 0.29) is 5.82 Å². The van der Waals surface area contributed by atoms with Gasteiger partial charge in [-0.05, 0) is 0 Å². The maximum absolute atomic E-state index is 10.0. The molecule has 2 N–H and O–H groups in total. The lowest BCUT2D eigenvalue weighted by molar-refractivity contribution is 0.0982. The molecule has 0 bridgehead atoms. The van der Waals surface area contributed by atoms with Crippen molar-refractivity contribution in [3.05, 3.63) is 12.2 Å². The Bertz CT molecular complexity index is 179. The molecule has 1 aromatic rings. The van der Waals surface area contributed by atoms with Crippen molar-refractivity contribution >= 4 is 5.91 Å². The van der Waals surface area contributed by atoms with E-state index in [1.807, 2.05) is 0 Å². The number of aromatic nitrogens is 3. The van der Waals surface area contributed by atoms with Gasteiger partial charge in [0, 0.05) is 0 Å². The number of hydrogen-bond acceptors (Lipinski definition) is 3. The van der Waals surface area contributed by atoms with Crippen LogP contribution in [0.1, 0.15) is 10.6 Å². The number of amides is 1. The summed E-state index contributed by atoms with van der Waals surface area (Å²) in [4.78, 5) is 13.4. The maximum Gasteiger partial charge on any atom is 0.309 e. The number of rotatable bonds is 1. The summed E-state index contributed by atoms with van der Waals surface area (Å²) < 4.78 is 0. The van der Waals surface area contributed by atoms with E-state index < -0.39 is 5.91 Å². The predicted octanol–water partition coefficient (Wildman–Crippen LogP) is -0.772. The molecule has 1 heterocycles. The van der Waals surface area contributed by atoms with Gasteiger partial charge < -0.3 is 0 Å². The molecule has 0 aliphatic carbocycles. The number of carbonyl (C=O) groups is 1. The number of H-pyrrole nitrogens is 1. The standard InChI is InChI=1S/C3H3N4O/c4-2(8)3-5-1-6-7-3/h1,4H,(H,5,6,7). The van der Waals surface area contributed by atoms with Crippen LogP contribution in [0.25, 0.3) is 0 Å². The monoisotopic (exact) mass is 111 g/mol. The molecule has 0 unspecified atom stereocenters. The first kappa shape index (κ1) is 4.76. The van der Waals surface area contributed by atoms with Crippen LogP contribution in [0, 0.1) is 0 Å². The summed E-state index contributed by atoms with van der Waals surface area (Å²) in [6, 6.07) is 0. The first-order valence-electron chi connectivity index (χ1n) is 1.92. The van der Waals surface area contributed by atoms with E-state index in [2.05, 4.69) is 15.2 Å². The minimum atomic E-state index is -0.869. The van der Waals surface area contributed by atoms with Gasteiger partial charge >= 0.3 is 5.91 Å². The zero-order valence-corrected chi connectivity index (χ0v) is 3.88. The van der Waals surface area contributed by atoms with Crippen LogP contribution in [0.2, 0.25) is 0 Å². The third-order valence-electron chi connectivity index (χ3n) is 0.618. The van der Waals surface area contributed by atoms with E-state index in [1.54, 1.807) is 0 Å². The molecule has 0 saturated heterocycles. The van der Waals surface area contributed by atoms with Gasteiger partial charge in [-0.25, -0.2) is 4.98 Å². The maximum atomic E-state index is 10.0. The summed E-state index contributed by atoms with van der Waals surface area (Å²) in [5, 5.41) is 5.65. The lowest BCUT2D eigenvalue weighted by Gasteiger charge is -1.75. The van der Waals surface area contributed by atoms with Crippen LogP contribution < -0.4 is 5.73 Å². The molecule has 1 radical (unpaired) electrons. The molecule has 41 valence electrons. The normalized spacial score (nSPS) is 9.00. The van der Waals surface area contributed by atoms with Gasteiger partial charge in [0.1, 0.15) is 6.33 Å². The highest BCUT2D eigenvalue weighted by Crippen LogP contribution is 1.80. The first-order chi connectivity index (χ1) is 3.80. The molecule has 5 nitrogen and oxygen atoms in total. The van der Waals surface area contributed by atoms with Crippen LogP contribution in [0.5, 0.6) is 0 Å². The summed E-state index contributed by atoms with van der Waals surface area (Å²) >= 11 is 0. The Kier molecular flexibility index (Phi) is 0.957. The zero-order chi connectivity index (χ0) is 5.98. The summed E-state index contributed by atoms with van der Waals surface area (Å²) in [5.41, 5.74) is 6.45. The molecular weight excluding hydrogens is 108 g/mol. The second kappa shape index (κ2) is 1.61. The van der Waals surface area contributed by atoms with Gasteiger partial charge in [0.15, 0.2) is 0 Å². The van der Waals surface area contributed by atoms with E-state index in [4.69, 9.17) is 5.73 Å². The number of nitrogens with one attached hydrogen (secondary N) is 2. The Hall–Kier alpha value is -1.39. The van der Waals surface area contributed by atoms with Crippen LogP contribution in [-0.2, 0) is 0 Å². The largest absolute Gasteiger partial charge is 0.309 e. The number of carbonyl (C=O) groups excluding carboxylic acids is 1. The molecule has 8 heavy (non-hydrogen) atoms. The lowest BCUT2D eigenvalue weighted by atomic mass is 10.6. The Morgan fingerprint density at radius 3 is 2.88 bits per heavy atom. The quantitative estimate of drug-likeness (QED) is 0.516. The number of nitrogens with zero attached hydrogens (tertiary/aromatic N) is 2. The van der Waals surface area contributed by atoms with E-state index in [0.717, 1.165) is 0 Å². The van der Waals surface area contributed by atoms with Gasteiger partial charge in [0.2, 0.25) is 5.82 Å². The van der Waals surface area contributed by atoms with E-state index >= 15 is 0 Å². The summed E-state index contributed by atoms with van der Waals surface area (Å²) in [6.45, 7) is 0. The van der Waals surface area contributed by atoms with E-state index in [0.29, 0.717) is 0 Å². The fourth-order valence-electron chi connectivity index (χ4n) is 0.318. The smallest absolute Gasteiger partial charge is 0.265 e. The lowest BCUT2D eigenvalue weighted by Crippen LogP contribution is -2.00. The summed E-state index contributed by atoms with van der Waals surface area (Å²) in [5.74, 6) is -0.962. The highest BCUT2D eigenvalue weighted by Gasteiger charge is 2.01.